The van der Waals surface area contributed by atoms with Crippen molar-refractivity contribution in [2.24, 2.45) is 10.8 Å². The van der Waals surface area contributed by atoms with Gasteiger partial charge in [-0.25, -0.2) is 0 Å². The molecule has 0 atom stereocenters. The first-order valence-corrected chi connectivity index (χ1v) is 7.33. The number of hydrogen-bond donors (Lipinski definition) is 0. The van der Waals surface area contributed by atoms with Gasteiger partial charge in [-0.2, -0.15) is 0 Å². The Balaban J connectivity index is 2.68. The molecule has 0 radical (unpaired) electrons. The average molecular weight is 259 g/mol. The molecule has 0 N–H and O–H groups in total. The van der Waals surface area contributed by atoms with E-state index >= 15 is 0 Å². The van der Waals surface area contributed by atoms with Crippen LogP contribution in [0.15, 0.2) is 30.3 Å². The molecule has 0 unspecified atom stereocenters. The topological polar surface area (TPSA) is 3.24 Å². The minimum Gasteiger partial charge on any atom is -0.360 e. The minimum atomic E-state index is 0.112. The van der Waals surface area contributed by atoms with Crippen LogP contribution in [0.4, 0.5) is 5.69 Å². The van der Waals surface area contributed by atoms with Crippen molar-refractivity contribution < 1.29 is 0 Å². The van der Waals surface area contributed by atoms with Gasteiger partial charge < -0.3 is 4.90 Å². The lowest BCUT2D eigenvalue weighted by Crippen LogP contribution is -2.52. The molecule has 2 rings (SSSR count). The highest BCUT2D eigenvalue weighted by Gasteiger charge is 2.66. The van der Waals surface area contributed by atoms with Crippen molar-refractivity contribution in [1.29, 1.82) is 0 Å². The lowest BCUT2D eigenvalue weighted by atomic mass is 9.57. The Bertz CT molecular complexity index is 440. The molecule has 0 aliphatic carbocycles. The molecule has 1 aromatic carbocycles. The fourth-order valence-electron chi connectivity index (χ4n) is 4.01. The summed E-state index contributed by atoms with van der Waals surface area (Å²) < 4.78 is 0. The van der Waals surface area contributed by atoms with Gasteiger partial charge in [-0.1, -0.05) is 45.9 Å². The van der Waals surface area contributed by atoms with Gasteiger partial charge in [0.05, 0.1) is 0 Å². The van der Waals surface area contributed by atoms with E-state index in [9.17, 15) is 0 Å². The lowest BCUT2D eigenvalue weighted by molar-refractivity contribution is 0.0698. The van der Waals surface area contributed by atoms with Gasteiger partial charge >= 0.3 is 0 Å². The molecule has 1 heterocycles. The standard InChI is InChI=1S/C18H29N/c1-15(2)16(3,4)18(7,8)19(17(15,5)6)14-12-10-9-11-13-14/h9-13H,1-8H3. The highest BCUT2D eigenvalue weighted by Crippen LogP contribution is 2.64. The molecule has 1 aliphatic heterocycles. The number of benzene rings is 1. The molecule has 1 heteroatoms. The first-order chi connectivity index (χ1) is 8.48. The molecule has 1 saturated heterocycles. The molecular formula is C18H29N. The van der Waals surface area contributed by atoms with Crippen LogP contribution in [-0.2, 0) is 0 Å². The summed E-state index contributed by atoms with van der Waals surface area (Å²) in [6, 6.07) is 10.8. The Morgan fingerprint density at radius 2 is 1.00 bits per heavy atom. The Labute approximate surface area is 119 Å². The number of nitrogens with zero attached hydrogens (tertiary/aromatic N) is 1. The van der Waals surface area contributed by atoms with Gasteiger partial charge in [0.15, 0.2) is 0 Å². The molecule has 1 nitrogen and oxygen atoms in total. The normalized spacial score (nSPS) is 26.4. The highest BCUT2D eigenvalue weighted by molar-refractivity contribution is 5.56. The average Bonchev–Trinajstić information content (AvgIpc) is 2.35. The van der Waals surface area contributed by atoms with E-state index in [1.807, 2.05) is 0 Å². The fourth-order valence-corrected chi connectivity index (χ4v) is 4.01. The number of para-hydroxylation sites is 1. The second-order valence-electron chi connectivity index (χ2n) is 8.04. The van der Waals surface area contributed by atoms with E-state index in [1.165, 1.54) is 5.69 Å². The Kier molecular flexibility index (Phi) is 2.87. The maximum absolute atomic E-state index is 2.62. The molecule has 0 saturated carbocycles. The third-order valence-corrected chi connectivity index (χ3v) is 6.75. The zero-order valence-electron chi connectivity index (χ0n) is 13.8. The maximum Gasteiger partial charge on any atom is 0.0408 e. The number of anilines is 1. The van der Waals surface area contributed by atoms with Crippen LogP contribution in [0.3, 0.4) is 0 Å². The maximum atomic E-state index is 2.62. The summed E-state index contributed by atoms with van der Waals surface area (Å²) in [6.45, 7) is 19.2. The number of hydrogen-bond acceptors (Lipinski definition) is 1. The fraction of sp³-hybridized carbons (Fsp3) is 0.667. The molecule has 19 heavy (non-hydrogen) atoms. The quantitative estimate of drug-likeness (QED) is 0.677. The van der Waals surface area contributed by atoms with Gasteiger partial charge in [0.1, 0.15) is 0 Å². The van der Waals surface area contributed by atoms with Crippen molar-refractivity contribution in [2.75, 3.05) is 4.90 Å². The molecule has 1 fully saturated rings. The van der Waals surface area contributed by atoms with Gasteiger partial charge in [0, 0.05) is 16.8 Å². The largest absolute Gasteiger partial charge is 0.360 e. The van der Waals surface area contributed by atoms with Gasteiger partial charge in [0.2, 0.25) is 0 Å². The van der Waals surface area contributed by atoms with Crippen LogP contribution in [0.25, 0.3) is 0 Å². The van der Waals surface area contributed by atoms with Crippen LogP contribution in [-0.4, -0.2) is 11.1 Å². The van der Waals surface area contributed by atoms with Crippen molar-refractivity contribution >= 4 is 5.69 Å². The third kappa shape index (κ3) is 1.53. The minimum absolute atomic E-state index is 0.112. The van der Waals surface area contributed by atoms with E-state index in [2.05, 4.69) is 90.6 Å². The molecule has 0 aromatic heterocycles. The van der Waals surface area contributed by atoms with Gasteiger partial charge in [-0.3, -0.25) is 0 Å². The summed E-state index contributed by atoms with van der Waals surface area (Å²) in [7, 11) is 0. The van der Waals surface area contributed by atoms with E-state index < -0.39 is 0 Å². The molecule has 1 aliphatic rings. The van der Waals surface area contributed by atoms with E-state index in [-0.39, 0.29) is 21.9 Å². The highest BCUT2D eigenvalue weighted by atomic mass is 15.3. The predicted molar refractivity (Wildman–Crippen MR) is 84.6 cm³/mol. The summed E-state index contributed by atoms with van der Waals surface area (Å²) in [6.07, 6.45) is 0. The summed E-state index contributed by atoms with van der Waals surface area (Å²) in [4.78, 5) is 2.62. The SMILES string of the molecule is CC1(C)N(c2ccccc2)C(C)(C)C(C)(C)C1(C)C. The van der Waals surface area contributed by atoms with Gasteiger partial charge in [0.25, 0.3) is 0 Å². The smallest absolute Gasteiger partial charge is 0.0408 e. The monoisotopic (exact) mass is 259 g/mol. The van der Waals surface area contributed by atoms with Crippen LogP contribution in [0, 0.1) is 10.8 Å². The third-order valence-electron chi connectivity index (χ3n) is 6.75. The van der Waals surface area contributed by atoms with Gasteiger partial charge in [-0.05, 0) is 50.7 Å². The molecule has 106 valence electrons. The molecule has 1 aromatic rings. The van der Waals surface area contributed by atoms with Crippen LogP contribution in [0.5, 0.6) is 0 Å². The van der Waals surface area contributed by atoms with Crippen molar-refractivity contribution in [3.05, 3.63) is 30.3 Å². The first kappa shape index (κ1) is 14.4. The van der Waals surface area contributed by atoms with E-state index in [0.717, 1.165) is 0 Å². The zero-order valence-corrected chi connectivity index (χ0v) is 13.8. The van der Waals surface area contributed by atoms with Crippen LogP contribution in [0.2, 0.25) is 0 Å². The Morgan fingerprint density at radius 1 is 0.632 bits per heavy atom. The zero-order chi connectivity index (χ0) is 14.7. The van der Waals surface area contributed by atoms with Crippen LogP contribution in [0.1, 0.15) is 55.4 Å². The first-order valence-electron chi connectivity index (χ1n) is 7.33. The summed E-state index contributed by atoms with van der Waals surface area (Å²) in [5.41, 5.74) is 2.00. The molecule has 0 bridgehead atoms. The van der Waals surface area contributed by atoms with Crippen LogP contribution < -0.4 is 4.90 Å². The van der Waals surface area contributed by atoms with Crippen molar-refractivity contribution in [2.45, 2.75) is 66.5 Å². The predicted octanol–water partition coefficient (Wildman–Crippen LogP) is 5.12. The summed E-state index contributed by atoms with van der Waals surface area (Å²) in [5, 5.41) is 0. The van der Waals surface area contributed by atoms with E-state index in [4.69, 9.17) is 0 Å². The molecule has 0 spiro atoms. The van der Waals surface area contributed by atoms with E-state index in [1.54, 1.807) is 0 Å². The van der Waals surface area contributed by atoms with Crippen molar-refractivity contribution in [3.8, 4) is 0 Å². The van der Waals surface area contributed by atoms with E-state index in [0.29, 0.717) is 0 Å². The molecular weight excluding hydrogens is 230 g/mol. The second-order valence-corrected chi connectivity index (χ2v) is 8.04. The van der Waals surface area contributed by atoms with Crippen molar-refractivity contribution in [3.63, 3.8) is 0 Å². The Hall–Kier alpha value is -0.980. The van der Waals surface area contributed by atoms with Crippen LogP contribution >= 0.6 is 0 Å². The molecule has 0 amide bonds. The van der Waals surface area contributed by atoms with Crippen molar-refractivity contribution in [1.82, 2.24) is 0 Å². The number of rotatable bonds is 1. The lowest BCUT2D eigenvalue weighted by Gasteiger charge is -2.45. The Morgan fingerprint density at radius 3 is 1.37 bits per heavy atom. The summed E-state index contributed by atoms with van der Waals surface area (Å²) in [5.74, 6) is 0. The summed E-state index contributed by atoms with van der Waals surface area (Å²) >= 11 is 0. The van der Waals surface area contributed by atoms with Gasteiger partial charge in [-0.15, -0.1) is 0 Å². The second kappa shape index (κ2) is 3.77.